The van der Waals surface area contributed by atoms with Gasteiger partial charge >= 0.3 is 5.97 Å². The Bertz CT molecular complexity index is 1140. The highest BCUT2D eigenvalue weighted by molar-refractivity contribution is 8.01. The highest BCUT2D eigenvalue weighted by atomic mass is 35.5. The quantitative estimate of drug-likeness (QED) is 0.524. The molecule has 2 aliphatic heterocycles. The van der Waals surface area contributed by atoms with Crippen LogP contribution in [-0.2, 0) is 25.5 Å². The standard InChI is InChI=1S/C23H21ClN2O5S/c1-12(22(29)15-3-5-18-14(9-15)7-8-26(18)13(2)27)31-21(28)11-20-23(30)25-17-10-16(24)4-6-19(17)32-20/h3-6,9-10,12,20H,7-8,11H2,1-2H3,(H,25,30)/t12-,20-/m0/s1. The second-order valence-corrected chi connectivity index (χ2v) is 9.38. The minimum absolute atomic E-state index is 0.0412. The second kappa shape index (κ2) is 8.96. The van der Waals surface area contributed by atoms with Crippen molar-refractivity contribution in [2.24, 2.45) is 0 Å². The molecule has 0 radical (unpaired) electrons. The van der Waals surface area contributed by atoms with Gasteiger partial charge in [-0.1, -0.05) is 11.6 Å². The molecule has 2 amide bonds. The number of benzene rings is 2. The summed E-state index contributed by atoms with van der Waals surface area (Å²) in [6.07, 6.45) is -0.479. The molecule has 4 rings (SSSR count). The number of thioether (sulfide) groups is 1. The topological polar surface area (TPSA) is 92.8 Å². The Morgan fingerprint density at radius 3 is 2.78 bits per heavy atom. The summed E-state index contributed by atoms with van der Waals surface area (Å²) in [5.41, 5.74) is 2.75. The molecule has 0 aliphatic carbocycles. The maximum absolute atomic E-state index is 12.8. The lowest BCUT2D eigenvalue weighted by molar-refractivity contribution is -0.147. The number of Topliss-reactive ketones (excluding diaryl/α,β-unsaturated/α-hetero) is 1. The van der Waals surface area contributed by atoms with E-state index in [9.17, 15) is 19.2 Å². The number of hydrogen-bond donors (Lipinski definition) is 1. The first-order chi connectivity index (χ1) is 15.2. The van der Waals surface area contributed by atoms with Gasteiger partial charge in [-0.3, -0.25) is 19.2 Å². The molecule has 0 fully saturated rings. The number of ether oxygens (including phenoxy) is 1. The fraction of sp³-hybridized carbons (Fsp3) is 0.304. The Kier molecular flexibility index (Phi) is 6.26. The van der Waals surface area contributed by atoms with Gasteiger partial charge in [0.1, 0.15) is 0 Å². The third kappa shape index (κ3) is 4.52. The molecule has 0 unspecified atom stereocenters. The van der Waals surface area contributed by atoms with Gasteiger partial charge in [-0.2, -0.15) is 0 Å². The van der Waals surface area contributed by atoms with Crippen molar-refractivity contribution in [3.8, 4) is 0 Å². The SMILES string of the molecule is CC(=O)N1CCc2cc(C(=O)[C@H](C)OC(=O)C[C@@H]3Sc4ccc(Cl)cc4NC3=O)ccc21. The lowest BCUT2D eigenvalue weighted by Gasteiger charge is -2.24. The molecular weight excluding hydrogens is 452 g/mol. The molecule has 2 heterocycles. The summed E-state index contributed by atoms with van der Waals surface area (Å²) in [7, 11) is 0. The molecule has 9 heteroatoms. The van der Waals surface area contributed by atoms with Crippen molar-refractivity contribution in [3.63, 3.8) is 0 Å². The number of halogens is 1. The number of hydrogen-bond acceptors (Lipinski definition) is 6. The molecule has 0 aromatic heterocycles. The second-order valence-electron chi connectivity index (χ2n) is 7.70. The highest BCUT2D eigenvalue weighted by Crippen LogP contribution is 2.38. The Labute approximate surface area is 194 Å². The van der Waals surface area contributed by atoms with E-state index < -0.39 is 17.3 Å². The van der Waals surface area contributed by atoms with E-state index in [2.05, 4.69) is 5.32 Å². The number of fused-ring (bicyclic) bond motifs is 2. The van der Waals surface area contributed by atoms with Gasteiger partial charge in [0, 0.05) is 34.6 Å². The summed E-state index contributed by atoms with van der Waals surface area (Å²) < 4.78 is 5.34. The predicted molar refractivity (Wildman–Crippen MR) is 122 cm³/mol. The van der Waals surface area contributed by atoms with Gasteiger partial charge in [-0.05, 0) is 55.3 Å². The molecule has 0 bridgehead atoms. The van der Waals surface area contributed by atoms with Gasteiger partial charge in [0.2, 0.25) is 17.6 Å². The number of carbonyl (C=O) groups is 4. The number of amides is 2. The third-order valence-electron chi connectivity index (χ3n) is 5.43. The minimum atomic E-state index is -0.992. The van der Waals surface area contributed by atoms with Crippen LogP contribution in [-0.4, -0.2) is 41.5 Å². The Morgan fingerprint density at radius 1 is 1.25 bits per heavy atom. The van der Waals surface area contributed by atoms with Crippen LogP contribution in [0.5, 0.6) is 0 Å². The maximum Gasteiger partial charge on any atom is 0.308 e. The fourth-order valence-electron chi connectivity index (χ4n) is 3.82. The number of nitrogens with one attached hydrogen (secondary N) is 1. The average Bonchev–Trinajstić information content (AvgIpc) is 3.17. The van der Waals surface area contributed by atoms with Crippen molar-refractivity contribution in [1.82, 2.24) is 0 Å². The van der Waals surface area contributed by atoms with E-state index in [1.54, 1.807) is 41.3 Å². The zero-order valence-electron chi connectivity index (χ0n) is 17.5. The van der Waals surface area contributed by atoms with Crippen LogP contribution in [0.15, 0.2) is 41.3 Å². The molecule has 2 aromatic rings. The normalized spacial score (nSPS) is 17.8. The molecule has 166 valence electrons. The Balaban J connectivity index is 1.38. The van der Waals surface area contributed by atoms with Crippen LogP contribution in [0.25, 0.3) is 0 Å². The van der Waals surface area contributed by atoms with Crippen molar-refractivity contribution in [3.05, 3.63) is 52.5 Å². The van der Waals surface area contributed by atoms with Crippen LogP contribution >= 0.6 is 23.4 Å². The van der Waals surface area contributed by atoms with Gasteiger partial charge in [0.15, 0.2) is 6.10 Å². The van der Waals surface area contributed by atoms with Gasteiger partial charge in [0.25, 0.3) is 0 Å². The van der Waals surface area contributed by atoms with Crippen molar-refractivity contribution in [2.75, 3.05) is 16.8 Å². The summed E-state index contributed by atoms with van der Waals surface area (Å²) in [5, 5.41) is 2.60. The van der Waals surface area contributed by atoms with Crippen LogP contribution in [0.3, 0.4) is 0 Å². The van der Waals surface area contributed by atoms with E-state index in [4.69, 9.17) is 16.3 Å². The lowest BCUT2D eigenvalue weighted by Crippen LogP contribution is -2.33. The number of esters is 1. The van der Waals surface area contributed by atoms with Crippen molar-refractivity contribution in [2.45, 2.75) is 42.9 Å². The van der Waals surface area contributed by atoms with E-state index in [0.717, 1.165) is 16.1 Å². The largest absolute Gasteiger partial charge is 0.454 e. The highest BCUT2D eigenvalue weighted by Gasteiger charge is 2.31. The summed E-state index contributed by atoms with van der Waals surface area (Å²) in [6.45, 7) is 3.61. The molecule has 2 atom stereocenters. The predicted octanol–water partition coefficient (Wildman–Crippen LogP) is 3.87. The van der Waals surface area contributed by atoms with Gasteiger partial charge in [-0.25, -0.2) is 0 Å². The molecule has 2 aliphatic rings. The average molecular weight is 473 g/mol. The molecule has 1 N–H and O–H groups in total. The number of rotatable bonds is 5. The van der Waals surface area contributed by atoms with Crippen LogP contribution in [0.2, 0.25) is 5.02 Å². The van der Waals surface area contributed by atoms with Crippen LogP contribution in [0.4, 0.5) is 11.4 Å². The van der Waals surface area contributed by atoms with Crippen LogP contribution in [0, 0.1) is 0 Å². The van der Waals surface area contributed by atoms with E-state index in [1.165, 1.54) is 25.6 Å². The first-order valence-corrected chi connectivity index (χ1v) is 11.4. The van der Waals surface area contributed by atoms with Gasteiger partial charge in [0.05, 0.1) is 17.4 Å². The van der Waals surface area contributed by atoms with E-state index in [0.29, 0.717) is 29.2 Å². The maximum atomic E-state index is 12.8. The summed E-state index contributed by atoms with van der Waals surface area (Å²) in [6, 6.07) is 10.3. The molecule has 0 saturated carbocycles. The van der Waals surface area contributed by atoms with E-state index >= 15 is 0 Å². The zero-order chi connectivity index (χ0) is 23.0. The summed E-state index contributed by atoms with van der Waals surface area (Å²) >= 11 is 7.21. The van der Waals surface area contributed by atoms with E-state index in [1.807, 2.05) is 0 Å². The first kappa shape index (κ1) is 22.4. The molecule has 32 heavy (non-hydrogen) atoms. The van der Waals surface area contributed by atoms with Crippen molar-refractivity contribution >= 4 is 58.3 Å². The number of ketones is 1. The van der Waals surface area contributed by atoms with Crippen LogP contribution < -0.4 is 10.2 Å². The number of nitrogens with zero attached hydrogens (tertiary/aromatic N) is 1. The smallest absolute Gasteiger partial charge is 0.308 e. The Morgan fingerprint density at radius 2 is 2.03 bits per heavy atom. The fourth-order valence-corrected chi connectivity index (χ4v) is 5.07. The lowest BCUT2D eigenvalue weighted by atomic mass is 10.0. The number of carbonyl (C=O) groups excluding carboxylic acids is 4. The van der Waals surface area contributed by atoms with Gasteiger partial charge in [-0.15, -0.1) is 11.8 Å². The van der Waals surface area contributed by atoms with Gasteiger partial charge < -0.3 is 15.0 Å². The Hall–Kier alpha value is -2.84. The first-order valence-electron chi connectivity index (χ1n) is 10.1. The van der Waals surface area contributed by atoms with Crippen molar-refractivity contribution < 1.29 is 23.9 Å². The number of anilines is 2. The minimum Gasteiger partial charge on any atom is -0.454 e. The molecule has 7 nitrogen and oxygen atoms in total. The molecular formula is C23H21ClN2O5S. The summed E-state index contributed by atoms with van der Waals surface area (Å²) in [5.74, 6) is -1.31. The molecule has 0 saturated heterocycles. The molecule has 2 aromatic carbocycles. The monoisotopic (exact) mass is 472 g/mol. The summed E-state index contributed by atoms with van der Waals surface area (Å²) in [4.78, 5) is 51.8. The van der Waals surface area contributed by atoms with Crippen molar-refractivity contribution in [1.29, 1.82) is 0 Å². The third-order valence-corrected chi connectivity index (χ3v) is 6.94. The zero-order valence-corrected chi connectivity index (χ0v) is 19.1. The molecule has 0 spiro atoms. The van der Waals surface area contributed by atoms with E-state index in [-0.39, 0.29) is 24.0 Å². The van der Waals surface area contributed by atoms with Crippen LogP contribution in [0.1, 0.15) is 36.2 Å².